The topological polar surface area (TPSA) is 24.9 Å². The van der Waals surface area contributed by atoms with Gasteiger partial charge in [-0.05, 0) is 42.8 Å². The summed E-state index contributed by atoms with van der Waals surface area (Å²) in [6.07, 6.45) is 3.37. The number of aryl methyl sites for hydroxylation is 1. The van der Waals surface area contributed by atoms with Gasteiger partial charge in [-0.2, -0.15) is 0 Å². The van der Waals surface area contributed by atoms with Gasteiger partial charge >= 0.3 is 0 Å². The van der Waals surface area contributed by atoms with Gasteiger partial charge in [-0.3, -0.25) is 4.98 Å². The Morgan fingerprint density at radius 2 is 1.85 bits per heavy atom. The lowest BCUT2D eigenvalue weighted by Gasteiger charge is -2.16. The number of benzene rings is 1. The Morgan fingerprint density at radius 3 is 2.35 bits per heavy atom. The Hall–Kier alpha value is -1.81. The number of nitrogens with zero attached hydrogens (tertiary/aromatic N) is 1. The van der Waals surface area contributed by atoms with Crippen LogP contribution < -0.4 is 5.32 Å². The summed E-state index contributed by atoms with van der Waals surface area (Å²) in [4.78, 5) is 4.38. The van der Waals surface area contributed by atoms with Crippen LogP contribution in [0, 0.1) is 11.6 Å². The highest BCUT2D eigenvalue weighted by molar-refractivity contribution is 5.24. The number of aromatic nitrogens is 1. The van der Waals surface area contributed by atoms with Crippen LogP contribution in [0.2, 0.25) is 0 Å². The van der Waals surface area contributed by atoms with E-state index in [0.717, 1.165) is 18.2 Å². The summed E-state index contributed by atoms with van der Waals surface area (Å²) in [5.41, 5.74) is 2.66. The molecule has 2 nitrogen and oxygen atoms in total. The number of halogens is 2. The number of likely N-dealkylation sites (N-methyl/N-ethyl adjacent to an activating group) is 1. The van der Waals surface area contributed by atoms with Crippen molar-refractivity contribution in [2.75, 3.05) is 7.05 Å². The molecule has 1 atom stereocenters. The molecule has 0 bridgehead atoms. The van der Waals surface area contributed by atoms with Crippen LogP contribution in [0.3, 0.4) is 0 Å². The highest BCUT2D eigenvalue weighted by atomic mass is 19.1. The molecule has 0 radical (unpaired) electrons. The van der Waals surface area contributed by atoms with E-state index in [2.05, 4.69) is 17.2 Å². The molecular weight excluding hydrogens is 258 g/mol. The molecule has 1 N–H and O–H groups in total. The molecule has 1 unspecified atom stereocenters. The third-order valence-corrected chi connectivity index (χ3v) is 3.34. The molecule has 0 saturated carbocycles. The Labute approximate surface area is 117 Å². The second-order valence-electron chi connectivity index (χ2n) is 4.76. The highest BCUT2D eigenvalue weighted by Gasteiger charge is 2.13. The zero-order chi connectivity index (χ0) is 14.5. The Bertz CT molecular complexity index is 547. The van der Waals surface area contributed by atoms with E-state index in [1.165, 1.54) is 17.7 Å². The first-order chi connectivity index (χ1) is 9.62. The minimum absolute atomic E-state index is 0.167. The molecule has 0 amide bonds. The molecule has 2 aromatic rings. The summed E-state index contributed by atoms with van der Waals surface area (Å²) in [6, 6.07) is 7.40. The van der Waals surface area contributed by atoms with E-state index in [0.29, 0.717) is 12.0 Å². The van der Waals surface area contributed by atoms with Gasteiger partial charge < -0.3 is 5.32 Å². The van der Waals surface area contributed by atoms with Crippen LogP contribution in [0.25, 0.3) is 0 Å². The van der Waals surface area contributed by atoms with Crippen molar-refractivity contribution in [3.8, 4) is 0 Å². The number of hydrogen-bond acceptors (Lipinski definition) is 2. The average Bonchev–Trinajstić information content (AvgIpc) is 2.44. The summed E-state index contributed by atoms with van der Waals surface area (Å²) in [5, 5.41) is 3.08. The van der Waals surface area contributed by atoms with E-state index in [-0.39, 0.29) is 6.04 Å². The summed E-state index contributed by atoms with van der Waals surface area (Å²) < 4.78 is 26.6. The number of rotatable bonds is 5. The molecule has 1 aromatic heterocycles. The normalized spacial score (nSPS) is 12.4. The predicted octanol–water partition coefficient (Wildman–Crippen LogP) is 3.43. The summed E-state index contributed by atoms with van der Waals surface area (Å²) in [7, 11) is 1.77. The Kier molecular flexibility index (Phi) is 4.79. The van der Waals surface area contributed by atoms with Crippen molar-refractivity contribution in [1.29, 1.82) is 0 Å². The molecule has 0 aliphatic heterocycles. The molecule has 0 spiro atoms. The number of hydrogen-bond donors (Lipinski definition) is 1. The fourth-order valence-corrected chi connectivity index (χ4v) is 2.16. The van der Waals surface area contributed by atoms with Gasteiger partial charge in [0.15, 0.2) is 0 Å². The maximum absolute atomic E-state index is 13.3. The first-order valence-electron chi connectivity index (χ1n) is 6.69. The van der Waals surface area contributed by atoms with Gasteiger partial charge in [-0.1, -0.05) is 13.0 Å². The average molecular weight is 276 g/mol. The molecule has 1 heterocycles. The van der Waals surface area contributed by atoms with E-state index in [1.54, 1.807) is 7.05 Å². The van der Waals surface area contributed by atoms with E-state index >= 15 is 0 Å². The number of nitrogens with one attached hydrogen (secondary N) is 1. The molecule has 0 aliphatic carbocycles. The fraction of sp³-hybridized carbons (Fsp3) is 0.312. The Balaban J connectivity index is 2.19. The smallest absolute Gasteiger partial charge is 0.126 e. The van der Waals surface area contributed by atoms with Crippen LogP contribution >= 0.6 is 0 Å². The van der Waals surface area contributed by atoms with Crippen LogP contribution in [0.1, 0.15) is 29.8 Å². The van der Waals surface area contributed by atoms with Gasteiger partial charge in [0.1, 0.15) is 11.6 Å². The van der Waals surface area contributed by atoms with Crippen molar-refractivity contribution in [2.45, 2.75) is 25.8 Å². The SMILES string of the molecule is CCc1ccc(CC(NC)c2cc(F)cc(F)c2)nc1. The monoisotopic (exact) mass is 276 g/mol. The minimum atomic E-state index is -0.561. The molecule has 0 fully saturated rings. The quantitative estimate of drug-likeness (QED) is 0.905. The molecule has 0 saturated heterocycles. The van der Waals surface area contributed by atoms with E-state index in [9.17, 15) is 8.78 Å². The van der Waals surface area contributed by atoms with Gasteiger partial charge in [0.25, 0.3) is 0 Å². The minimum Gasteiger partial charge on any atom is -0.313 e. The third-order valence-electron chi connectivity index (χ3n) is 3.34. The van der Waals surface area contributed by atoms with Gasteiger partial charge in [0, 0.05) is 30.4 Å². The van der Waals surface area contributed by atoms with Crippen LogP contribution in [0.4, 0.5) is 8.78 Å². The van der Waals surface area contributed by atoms with Crippen molar-refractivity contribution in [3.63, 3.8) is 0 Å². The molecule has 0 aliphatic rings. The molecule has 106 valence electrons. The van der Waals surface area contributed by atoms with Crippen molar-refractivity contribution < 1.29 is 8.78 Å². The maximum atomic E-state index is 13.3. The zero-order valence-corrected chi connectivity index (χ0v) is 11.7. The molecule has 2 rings (SSSR count). The lowest BCUT2D eigenvalue weighted by atomic mass is 10.0. The first-order valence-corrected chi connectivity index (χ1v) is 6.69. The summed E-state index contributed by atoms with van der Waals surface area (Å²) in [5.74, 6) is -1.12. The lowest BCUT2D eigenvalue weighted by molar-refractivity contribution is 0.548. The van der Waals surface area contributed by atoms with E-state index in [1.807, 2.05) is 18.3 Å². The first kappa shape index (κ1) is 14.6. The summed E-state index contributed by atoms with van der Waals surface area (Å²) in [6.45, 7) is 2.07. The van der Waals surface area contributed by atoms with E-state index < -0.39 is 11.6 Å². The predicted molar refractivity (Wildman–Crippen MR) is 75.5 cm³/mol. The lowest BCUT2D eigenvalue weighted by Crippen LogP contribution is -2.19. The summed E-state index contributed by atoms with van der Waals surface area (Å²) >= 11 is 0. The largest absolute Gasteiger partial charge is 0.313 e. The second-order valence-corrected chi connectivity index (χ2v) is 4.76. The van der Waals surface area contributed by atoms with Crippen molar-refractivity contribution in [1.82, 2.24) is 10.3 Å². The molecule has 20 heavy (non-hydrogen) atoms. The van der Waals surface area contributed by atoms with Crippen LogP contribution in [-0.4, -0.2) is 12.0 Å². The van der Waals surface area contributed by atoms with E-state index in [4.69, 9.17) is 0 Å². The Morgan fingerprint density at radius 1 is 1.15 bits per heavy atom. The third kappa shape index (κ3) is 3.61. The van der Waals surface area contributed by atoms with Gasteiger partial charge in [-0.25, -0.2) is 8.78 Å². The number of pyridine rings is 1. The van der Waals surface area contributed by atoms with Crippen molar-refractivity contribution in [3.05, 3.63) is 65.0 Å². The van der Waals surface area contributed by atoms with Crippen molar-refractivity contribution in [2.24, 2.45) is 0 Å². The maximum Gasteiger partial charge on any atom is 0.126 e. The standard InChI is InChI=1S/C16H18F2N2/c1-3-11-4-5-15(20-10-11)9-16(19-2)12-6-13(17)8-14(18)7-12/h4-8,10,16,19H,3,9H2,1-2H3. The molecule has 4 heteroatoms. The molecule has 1 aromatic carbocycles. The zero-order valence-electron chi connectivity index (χ0n) is 11.7. The van der Waals surface area contributed by atoms with Gasteiger partial charge in [0.05, 0.1) is 0 Å². The van der Waals surface area contributed by atoms with Gasteiger partial charge in [0.2, 0.25) is 0 Å². The highest BCUT2D eigenvalue weighted by Crippen LogP contribution is 2.19. The van der Waals surface area contributed by atoms with Crippen LogP contribution in [-0.2, 0) is 12.8 Å². The van der Waals surface area contributed by atoms with Crippen LogP contribution in [0.15, 0.2) is 36.5 Å². The second kappa shape index (κ2) is 6.57. The van der Waals surface area contributed by atoms with Crippen LogP contribution in [0.5, 0.6) is 0 Å². The fourth-order valence-electron chi connectivity index (χ4n) is 2.16. The molecular formula is C16H18F2N2. The van der Waals surface area contributed by atoms with Crippen molar-refractivity contribution >= 4 is 0 Å². The van der Waals surface area contributed by atoms with Gasteiger partial charge in [-0.15, -0.1) is 0 Å².